The molecule has 1 saturated carbocycles. The summed E-state index contributed by atoms with van der Waals surface area (Å²) in [6.45, 7) is 1.88. The lowest BCUT2D eigenvalue weighted by Crippen LogP contribution is -2.36. The van der Waals surface area contributed by atoms with Crippen LogP contribution >= 0.6 is 11.8 Å². The smallest absolute Gasteiger partial charge is 0.330 e. The molecule has 0 radical (unpaired) electrons. The van der Waals surface area contributed by atoms with Gasteiger partial charge in [-0.15, -0.1) is 0 Å². The highest BCUT2D eigenvalue weighted by Crippen LogP contribution is 2.38. The Labute approximate surface area is 211 Å². The number of fused-ring (bicyclic) bond motifs is 2. The summed E-state index contributed by atoms with van der Waals surface area (Å²) in [4.78, 5) is 36.0. The number of hydrogen-bond donors (Lipinski definition) is 3. The minimum absolute atomic E-state index is 0.0738. The van der Waals surface area contributed by atoms with Gasteiger partial charge in [0.1, 0.15) is 6.10 Å². The van der Waals surface area contributed by atoms with E-state index < -0.39 is 12.1 Å². The number of amides is 2. The van der Waals surface area contributed by atoms with E-state index >= 15 is 0 Å². The lowest BCUT2D eigenvalue weighted by Gasteiger charge is -2.19. The van der Waals surface area contributed by atoms with Crippen molar-refractivity contribution in [2.45, 2.75) is 100 Å². The molecule has 194 valence electrons. The van der Waals surface area contributed by atoms with E-state index in [-0.39, 0.29) is 48.1 Å². The van der Waals surface area contributed by atoms with Crippen molar-refractivity contribution in [1.82, 2.24) is 10.6 Å². The quantitative estimate of drug-likeness (QED) is 0.219. The molecule has 0 aromatic rings. The molecule has 35 heavy (non-hydrogen) atoms. The Hall–Kier alpha value is -2.00. The van der Waals surface area contributed by atoms with E-state index in [0.717, 1.165) is 44.3 Å². The number of nitrogens with one attached hydrogen (secondary N) is 2. The van der Waals surface area contributed by atoms with E-state index in [1.807, 2.05) is 18.7 Å². The van der Waals surface area contributed by atoms with Gasteiger partial charge in [-0.25, -0.2) is 9.59 Å². The molecule has 2 saturated heterocycles. The summed E-state index contributed by atoms with van der Waals surface area (Å²) in [6.07, 6.45) is 12.9. The van der Waals surface area contributed by atoms with Gasteiger partial charge in [-0.1, -0.05) is 18.6 Å². The molecule has 8 atom stereocenters. The zero-order chi connectivity index (χ0) is 24.8. The molecule has 3 N–H and O–H groups in total. The number of aliphatic hydroxyl groups is 1. The van der Waals surface area contributed by atoms with Gasteiger partial charge in [0, 0.05) is 23.5 Å². The zero-order valence-corrected chi connectivity index (χ0v) is 21.2. The molecular weight excluding hydrogens is 468 g/mol. The second-order valence-corrected chi connectivity index (χ2v) is 11.5. The molecule has 3 unspecified atom stereocenters. The number of cyclic esters (lactones) is 1. The Balaban J connectivity index is 1.22. The first-order valence-corrected chi connectivity index (χ1v) is 14.1. The summed E-state index contributed by atoms with van der Waals surface area (Å²) < 4.78 is 11.1. The zero-order valence-electron chi connectivity index (χ0n) is 20.4. The Morgan fingerprint density at radius 1 is 1.23 bits per heavy atom. The fourth-order valence-corrected chi connectivity index (χ4v) is 7.22. The van der Waals surface area contributed by atoms with Crippen molar-refractivity contribution in [2.24, 2.45) is 11.8 Å². The van der Waals surface area contributed by atoms with Gasteiger partial charge in [0.05, 0.1) is 24.3 Å². The predicted molar refractivity (Wildman–Crippen MR) is 134 cm³/mol. The molecule has 0 aromatic carbocycles. The second kappa shape index (κ2) is 12.3. The SMILES string of the molecule is C[C@H]1CCC/C=C/[C@@H]2C[C@H](OC(=O)CCCCC3SCC4NC(=O)NC43)C[C@H]2[C@H](O)/C=C/C(=O)O1. The molecule has 2 amide bonds. The fourth-order valence-electron chi connectivity index (χ4n) is 5.68. The molecule has 0 spiro atoms. The number of esters is 2. The molecule has 0 aromatic heterocycles. The standard InChI is InChI=1S/C26H38N2O6S/c1-16-7-3-2-4-8-17-13-18(14-19(17)21(29)11-12-24(31)33-16)34-23(30)10-6-5-9-22-25-20(15-35-22)27-26(32)28-25/h4,8,11-12,16-22,25,29H,2-3,5-7,9-10,13-15H2,1H3,(H2,27,28,32)/b8-4+,12-11+/t16-,17+,18-,19+,20?,21+,22?,25?/m0/s1. The lowest BCUT2D eigenvalue weighted by atomic mass is 9.90. The molecule has 3 heterocycles. The van der Waals surface area contributed by atoms with Gasteiger partial charge >= 0.3 is 18.0 Å². The first-order valence-electron chi connectivity index (χ1n) is 13.0. The van der Waals surface area contributed by atoms with E-state index in [1.165, 1.54) is 12.2 Å². The maximum absolute atomic E-state index is 12.5. The second-order valence-electron chi connectivity index (χ2n) is 10.2. The van der Waals surface area contributed by atoms with Gasteiger partial charge < -0.3 is 25.2 Å². The number of hydrogen-bond acceptors (Lipinski definition) is 7. The van der Waals surface area contributed by atoms with Crippen LogP contribution in [0, 0.1) is 11.8 Å². The minimum atomic E-state index is -0.796. The first kappa shape index (κ1) is 26.1. The van der Waals surface area contributed by atoms with E-state index in [2.05, 4.69) is 22.8 Å². The lowest BCUT2D eigenvalue weighted by molar-refractivity contribution is -0.149. The van der Waals surface area contributed by atoms with Gasteiger partial charge in [-0.2, -0.15) is 11.8 Å². The minimum Gasteiger partial charge on any atom is -0.462 e. The molecule has 8 nitrogen and oxygen atoms in total. The maximum Gasteiger partial charge on any atom is 0.330 e. The van der Waals surface area contributed by atoms with E-state index in [4.69, 9.17) is 9.47 Å². The summed E-state index contributed by atoms with van der Waals surface area (Å²) in [6, 6.07) is 0.344. The summed E-state index contributed by atoms with van der Waals surface area (Å²) in [5, 5.41) is 17.1. The van der Waals surface area contributed by atoms with Crippen LogP contribution in [0.2, 0.25) is 0 Å². The Kier molecular flexibility index (Phi) is 9.16. The topological polar surface area (TPSA) is 114 Å². The average molecular weight is 507 g/mol. The first-order chi connectivity index (χ1) is 16.9. The monoisotopic (exact) mass is 506 g/mol. The van der Waals surface area contributed by atoms with Crippen molar-refractivity contribution in [2.75, 3.05) is 5.75 Å². The van der Waals surface area contributed by atoms with Crippen LogP contribution in [-0.2, 0) is 19.1 Å². The third-order valence-corrected chi connectivity index (χ3v) is 9.03. The number of carbonyl (C=O) groups excluding carboxylic acids is 3. The van der Waals surface area contributed by atoms with Gasteiger partial charge in [0.25, 0.3) is 0 Å². The van der Waals surface area contributed by atoms with Crippen molar-refractivity contribution in [1.29, 1.82) is 0 Å². The summed E-state index contributed by atoms with van der Waals surface area (Å²) >= 11 is 1.89. The van der Waals surface area contributed by atoms with Crippen LogP contribution < -0.4 is 10.6 Å². The van der Waals surface area contributed by atoms with Crippen molar-refractivity contribution in [3.63, 3.8) is 0 Å². The number of unbranched alkanes of at least 4 members (excludes halogenated alkanes) is 1. The highest BCUT2D eigenvalue weighted by atomic mass is 32.2. The Morgan fingerprint density at radius 3 is 2.94 bits per heavy atom. The Morgan fingerprint density at radius 2 is 2.09 bits per heavy atom. The molecule has 4 aliphatic rings. The van der Waals surface area contributed by atoms with Gasteiger partial charge in [-0.3, -0.25) is 4.79 Å². The molecule has 9 heteroatoms. The maximum atomic E-state index is 12.5. The Bertz CT molecular complexity index is 833. The molecule has 0 bridgehead atoms. The summed E-state index contributed by atoms with van der Waals surface area (Å²) in [5.74, 6) is 0.316. The molecule has 3 fully saturated rings. The number of rotatable bonds is 6. The summed E-state index contributed by atoms with van der Waals surface area (Å²) in [7, 11) is 0. The van der Waals surface area contributed by atoms with Crippen molar-refractivity contribution >= 4 is 29.7 Å². The van der Waals surface area contributed by atoms with Crippen LogP contribution in [-0.4, -0.2) is 64.5 Å². The fraction of sp³-hybridized carbons (Fsp3) is 0.731. The van der Waals surface area contributed by atoms with Gasteiger partial charge in [-0.05, 0) is 69.8 Å². The number of allylic oxidation sites excluding steroid dienone is 2. The molecule has 1 aliphatic carbocycles. The van der Waals surface area contributed by atoms with Crippen molar-refractivity contribution in [3.05, 3.63) is 24.3 Å². The summed E-state index contributed by atoms with van der Waals surface area (Å²) in [5.41, 5.74) is 0. The van der Waals surface area contributed by atoms with Crippen molar-refractivity contribution < 1.29 is 29.0 Å². The highest BCUT2D eigenvalue weighted by molar-refractivity contribution is 8.00. The van der Waals surface area contributed by atoms with Crippen LogP contribution in [0.25, 0.3) is 0 Å². The van der Waals surface area contributed by atoms with E-state index in [9.17, 15) is 19.5 Å². The van der Waals surface area contributed by atoms with Crippen LogP contribution in [0.3, 0.4) is 0 Å². The number of aliphatic hydroxyl groups excluding tert-OH is 1. The van der Waals surface area contributed by atoms with Crippen LogP contribution in [0.15, 0.2) is 24.3 Å². The van der Waals surface area contributed by atoms with E-state index in [0.29, 0.717) is 24.5 Å². The largest absolute Gasteiger partial charge is 0.462 e. The van der Waals surface area contributed by atoms with Crippen molar-refractivity contribution in [3.8, 4) is 0 Å². The van der Waals surface area contributed by atoms with Crippen LogP contribution in [0.5, 0.6) is 0 Å². The highest BCUT2D eigenvalue weighted by Gasteiger charge is 2.42. The molecular formula is C26H38N2O6S. The number of urea groups is 1. The van der Waals surface area contributed by atoms with Gasteiger partial charge in [0.15, 0.2) is 0 Å². The predicted octanol–water partition coefficient (Wildman–Crippen LogP) is 3.24. The third-order valence-electron chi connectivity index (χ3n) is 7.53. The molecule has 4 rings (SSSR count). The average Bonchev–Trinajstić information content (AvgIpc) is 3.49. The third kappa shape index (κ3) is 7.26. The van der Waals surface area contributed by atoms with Crippen LogP contribution in [0.1, 0.15) is 64.7 Å². The van der Waals surface area contributed by atoms with E-state index in [1.54, 1.807) is 0 Å². The van der Waals surface area contributed by atoms with Crippen LogP contribution in [0.4, 0.5) is 4.79 Å². The van der Waals surface area contributed by atoms with Gasteiger partial charge in [0.2, 0.25) is 0 Å². The number of thioether (sulfide) groups is 1. The normalized spacial score (nSPS) is 39.0. The number of carbonyl (C=O) groups is 3. The number of ether oxygens (including phenoxy) is 2. The molecule has 3 aliphatic heterocycles.